The summed E-state index contributed by atoms with van der Waals surface area (Å²) in [7, 11) is 0. The van der Waals surface area contributed by atoms with Crippen molar-refractivity contribution >= 4 is 34.8 Å². The van der Waals surface area contributed by atoms with E-state index in [0.717, 1.165) is 5.69 Å². The van der Waals surface area contributed by atoms with E-state index in [1.165, 1.54) is 17.0 Å². The minimum atomic E-state index is -0.669. The Hall–Kier alpha value is -2.60. The van der Waals surface area contributed by atoms with Gasteiger partial charge in [0.1, 0.15) is 5.82 Å². The lowest BCUT2D eigenvalue weighted by atomic mass is 10.2. The molecule has 25 heavy (non-hydrogen) atoms. The van der Waals surface area contributed by atoms with Crippen molar-refractivity contribution in [3.63, 3.8) is 0 Å². The SMILES string of the molecule is O=C(Nc1ccc(Cl)cc1)C(=O)N1CCN(c2ccc(F)cc2)CC1. The van der Waals surface area contributed by atoms with Crippen LogP contribution in [0.1, 0.15) is 0 Å². The highest BCUT2D eigenvalue weighted by molar-refractivity contribution is 6.39. The lowest BCUT2D eigenvalue weighted by Crippen LogP contribution is -2.51. The summed E-state index contributed by atoms with van der Waals surface area (Å²) < 4.78 is 13.0. The summed E-state index contributed by atoms with van der Waals surface area (Å²) in [5.41, 5.74) is 1.42. The molecule has 1 aliphatic heterocycles. The van der Waals surface area contributed by atoms with Crippen molar-refractivity contribution in [2.75, 3.05) is 36.4 Å². The van der Waals surface area contributed by atoms with Gasteiger partial charge in [0.05, 0.1) is 0 Å². The van der Waals surface area contributed by atoms with E-state index in [1.54, 1.807) is 36.4 Å². The maximum absolute atomic E-state index is 13.0. The van der Waals surface area contributed by atoms with Gasteiger partial charge in [0.15, 0.2) is 0 Å². The topological polar surface area (TPSA) is 52.7 Å². The van der Waals surface area contributed by atoms with Crippen LogP contribution in [0.15, 0.2) is 48.5 Å². The van der Waals surface area contributed by atoms with Gasteiger partial charge in [-0.15, -0.1) is 0 Å². The molecule has 0 spiro atoms. The molecule has 1 fully saturated rings. The lowest BCUT2D eigenvalue weighted by molar-refractivity contribution is -0.143. The number of nitrogens with zero attached hydrogens (tertiary/aromatic N) is 2. The molecular formula is C18H17ClFN3O2. The van der Waals surface area contributed by atoms with Crippen LogP contribution in [0, 0.1) is 5.82 Å². The monoisotopic (exact) mass is 361 g/mol. The quantitative estimate of drug-likeness (QED) is 0.837. The summed E-state index contributed by atoms with van der Waals surface area (Å²) >= 11 is 5.79. The van der Waals surface area contributed by atoms with Crippen LogP contribution in [-0.4, -0.2) is 42.9 Å². The van der Waals surface area contributed by atoms with Gasteiger partial charge >= 0.3 is 11.8 Å². The Morgan fingerprint density at radius 3 is 2.12 bits per heavy atom. The summed E-state index contributed by atoms with van der Waals surface area (Å²) in [6, 6.07) is 12.8. The third-order valence-corrected chi connectivity index (χ3v) is 4.31. The van der Waals surface area contributed by atoms with Gasteiger partial charge in [0.2, 0.25) is 0 Å². The number of nitrogens with one attached hydrogen (secondary N) is 1. The number of anilines is 2. The third-order valence-electron chi connectivity index (χ3n) is 4.05. The summed E-state index contributed by atoms with van der Waals surface area (Å²) in [5.74, 6) is -1.51. The van der Waals surface area contributed by atoms with E-state index >= 15 is 0 Å². The van der Waals surface area contributed by atoms with Crippen LogP contribution < -0.4 is 10.2 Å². The molecule has 2 amide bonds. The highest BCUT2D eigenvalue weighted by Gasteiger charge is 2.26. The molecule has 0 radical (unpaired) electrons. The molecule has 5 nitrogen and oxygen atoms in total. The molecule has 3 rings (SSSR count). The first-order chi connectivity index (χ1) is 12.0. The molecule has 1 aliphatic rings. The number of hydrogen-bond donors (Lipinski definition) is 1. The van der Waals surface area contributed by atoms with Gasteiger partial charge in [-0.25, -0.2) is 4.39 Å². The van der Waals surface area contributed by atoms with E-state index in [1.807, 2.05) is 0 Å². The van der Waals surface area contributed by atoms with Crippen LogP contribution in [0.2, 0.25) is 5.02 Å². The van der Waals surface area contributed by atoms with Gasteiger partial charge in [-0.05, 0) is 48.5 Å². The van der Waals surface area contributed by atoms with Crippen LogP contribution in [0.3, 0.4) is 0 Å². The second kappa shape index (κ2) is 7.53. The van der Waals surface area contributed by atoms with Crippen LogP contribution in [0.5, 0.6) is 0 Å². The van der Waals surface area contributed by atoms with Crippen molar-refractivity contribution in [3.8, 4) is 0 Å². The van der Waals surface area contributed by atoms with Crippen molar-refractivity contribution in [1.29, 1.82) is 0 Å². The zero-order chi connectivity index (χ0) is 17.8. The maximum atomic E-state index is 13.0. The summed E-state index contributed by atoms with van der Waals surface area (Å²) in [6.07, 6.45) is 0. The fraction of sp³-hybridized carbons (Fsp3) is 0.222. The van der Waals surface area contributed by atoms with Gasteiger partial charge in [0.25, 0.3) is 0 Å². The highest BCUT2D eigenvalue weighted by Crippen LogP contribution is 2.17. The Balaban J connectivity index is 1.54. The van der Waals surface area contributed by atoms with Crippen LogP contribution in [0.25, 0.3) is 0 Å². The van der Waals surface area contributed by atoms with Crippen LogP contribution in [0.4, 0.5) is 15.8 Å². The van der Waals surface area contributed by atoms with E-state index in [9.17, 15) is 14.0 Å². The summed E-state index contributed by atoms with van der Waals surface area (Å²) in [5, 5.41) is 3.13. The third kappa shape index (κ3) is 4.28. The highest BCUT2D eigenvalue weighted by atomic mass is 35.5. The number of benzene rings is 2. The second-order valence-electron chi connectivity index (χ2n) is 5.72. The van der Waals surface area contributed by atoms with E-state index < -0.39 is 11.8 Å². The van der Waals surface area contributed by atoms with Crippen molar-refractivity contribution in [1.82, 2.24) is 4.90 Å². The molecule has 0 bridgehead atoms. The number of carbonyl (C=O) groups is 2. The first kappa shape index (κ1) is 17.2. The molecule has 2 aromatic rings. The van der Waals surface area contributed by atoms with Gasteiger partial charge in [0, 0.05) is 42.6 Å². The number of amides is 2. The predicted octanol–water partition coefficient (Wildman–Crippen LogP) is 2.77. The fourth-order valence-corrected chi connectivity index (χ4v) is 2.81. The molecule has 1 heterocycles. The molecule has 1 saturated heterocycles. The molecule has 130 valence electrons. The average molecular weight is 362 g/mol. The molecule has 1 N–H and O–H groups in total. The second-order valence-corrected chi connectivity index (χ2v) is 6.15. The number of rotatable bonds is 2. The van der Waals surface area contributed by atoms with Gasteiger partial charge in [-0.2, -0.15) is 0 Å². The summed E-state index contributed by atoms with van der Waals surface area (Å²) in [4.78, 5) is 27.9. The van der Waals surface area contributed by atoms with E-state index in [0.29, 0.717) is 36.9 Å². The molecule has 0 saturated carbocycles. The number of piperazine rings is 1. The van der Waals surface area contributed by atoms with Crippen LogP contribution in [-0.2, 0) is 9.59 Å². The number of carbonyl (C=O) groups excluding carboxylic acids is 2. The number of halogens is 2. The number of hydrogen-bond acceptors (Lipinski definition) is 3. The van der Waals surface area contributed by atoms with Crippen LogP contribution >= 0.6 is 11.6 Å². The molecule has 0 unspecified atom stereocenters. The first-order valence-electron chi connectivity index (χ1n) is 7.89. The first-order valence-corrected chi connectivity index (χ1v) is 8.27. The van der Waals surface area contributed by atoms with E-state index in [-0.39, 0.29) is 5.82 Å². The zero-order valence-corrected chi connectivity index (χ0v) is 14.2. The van der Waals surface area contributed by atoms with E-state index in [2.05, 4.69) is 10.2 Å². The minimum Gasteiger partial charge on any atom is -0.368 e. The van der Waals surface area contributed by atoms with E-state index in [4.69, 9.17) is 11.6 Å². The van der Waals surface area contributed by atoms with Gasteiger partial charge < -0.3 is 15.1 Å². The molecule has 0 atom stereocenters. The van der Waals surface area contributed by atoms with Crippen molar-refractivity contribution in [2.24, 2.45) is 0 Å². The minimum absolute atomic E-state index is 0.281. The molecular weight excluding hydrogens is 345 g/mol. The standard InChI is InChI=1S/C18H17ClFN3O2/c19-13-1-5-15(6-2-13)21-17(24)18(25)23-11-9-22(10-12-23)16-7-3-14(20)4-8-16/h1-8H,9-12H2,(H,21,24). The Kier molecular flexibility index (Phi) is 5.19. The largest absolute Gasteiger partial charge is 0.368 e. The normalized spacial score (nSPS) is 14.3. The maximum Gasteiger partial charge on any atom is 0.313 e. The smallest absolute Gasteiger partial charge is 0.313 e. The molecule has 7 heteroatoms. The Morgan fingerprint density at radius 1 is 0.920 bits per heavy atom. The summed E-state index contributed by atoms with van der Waals surface area (Å²) in [6.45, 7) is 2.05. The predicted molar refractivity (Wildman–Crippen MR) is 95.3 cm³/mol. The molecule has 0 aliphatic carbocycles. The van der Waals surface area contributed by atoms with Gasteiger partial charge in [-0.1, -0.05) is 11.6 Å². The zero-order valence-electron chi connectivity index (χ0n) is 13.4. The Bertz CT molecular complexity index is 757. The lowest BCUT2D eigenvalue weighted by Gasteiger charge is -2.35. The molecule has 2 aromatic carbocycles. The molecule has 0 aromatic heterocycles. The Morgan fingerprint density at radius 2 is 1.52 bits per heavy atom. The van der Waals surface area contributed by atoms with Crippen molar-refractivity contribution in [3.05, 3.63) is 59.4 Å². The van der Waals surface area contributed by atoms with Gasteiger partial charge in [-0.3, -0.25) is 9.59 Å². The average Bonchev–Trinajstić information content (AvgIpc) is 2.64. The fourth-order valence-electron chi connectivity index (χ4n) is 2.68. The van der Waals surface area contributed by atoms with Crippen molar-refractivity contribution < 1.29 is 14.0 Å². The Labute approximate surface area is 150 Å². The van der Waals surface area contributed by atoms with Crippen molar-refractivity contribution in [2.45, 2.75) is 0 Å².